The first kappa shape index (κ1) is 13.4. The predicted octanol–water partition coefficient (Wildman–Crippen LogP) is 3.91. The zero-order valence-electron chi connectivity index (χ0n) is 9.58. The third-order valence-electron chi connectivity index (χ3n) is 2.28. The SMILES string of the molecule is Fc1cc(F)c(NC(=S)Nc2ccccc2)c(F)c1. The summed E-state index contributed by atoms with van der Waals surface area (Å²) in [6.07, 6.45) is 0. The van der Waals surface area contributed by atoms with Crippen LogP contribution >= 0.6 is 12.2 Å². The van der Waals surface area contributed by atoms with E-state index in [-0.39, 0.29) is 5.11 Å². The van der Waals surface area contributed by atoms with Crippen LogP contribution in [0.5, 0.6) is 0 Å². The smallest absolute Gasteiger partial charge is 0.175 e. The number of halogens is 3. The number of rotatable bonds is 2. The van der Waals surface area contributed by atoms with E-state index in [0.717, 1.165) is 0 Å². The Morgan fingerprint density at radius 1 is 0.895 bits per heavy atom. The van der Waals surface area contributed by atoms with Crippen molar-refractivity contribution in [2.75, 3.05) is 10.6 Å². The maximum Gasteiger partial charge on any atom is 0.175 e. The molecule has 2 nitrogen and oxygen atoms in total. The van der Waals surface area contributed by atoms with Gasteiger partial charge in [0.05, 0.1) is 0 Å². The summed E-state index contributed by atoms with van der Waals surface area (Å²) in [6.45, 7) is 0. The highest BCUT2D eigenvalue weighted by Gasteiger charge is 2.12. The van der Waals surface area contributed by atoms with Crippen LogP contribution in [0, 0.1) is 17.5 Å². The van der Waals surface area contributed by atoms with Gasteiger partial charge in [0.15, 0.2) is 16.7 Å². The molecule has 19 heavy (non-hydrogen) atoms. The summed E-state index contributed by atoms with van der Waals surface area (Å²) in [5.74, 6) is -3.08. The molecule has 2 rings (SSSR count). The van der Waals surface area contributed by atoms with Crippen LogP contribution in [-0.2, 0) is 0 Å². The van der Waals surface area contributed by atoms with Gasteiger partial charge in [0.25, 0.3) is 0 Å². The molecule has 2 aromatic rings. The summed E-state index contributed by atoms with van der Waals surface area (Å²) in [7, 11) is 0. The summed E-state index contributed by atoms with van der Waals surface area (Å²) in [4.78, 5) is 0. The summed E-state index contributed by atoms with van der Waals surface area (Å²) < 4.78 is 39.5. The number of hydrogen-bond donors (Lipinski definition) is 2. The Hall–Kier alpha value is -2.08. The minimum atomic E-state index is -1.05. The summed E-state index contributed by atoms with van der Waals surface area (Å²) in [5, 5.41) is 5.12. The first-order chi connectivity index (χ1) is 9.06. The highest BCUT2D eigenvalue weighted by atomic mass is 32.1. The average molecular weight is 282 g/mol. The predicted molar refractivity (Wildman–Crippen MR) is 72.6 cm³/mol. The standard InChI is InChI=1S/C13H9F3N2S/c14-8-6-10(15)12(11(16)7-8)18-13(19)17-9-4-2-1-3-5-9/h1-7H,(H2,17,18,19). The summed E-state index contributed by atoms with van der Waals surface area (Å²) in [5.41, 5.74) is 0.178. The van der Waals surface area contributed by atoms with Gasteiger partial charge >= 0.3 is 0 Å². The molecule has 0 aliphatic carbocycles. The van der Waals surface area contributed by atoms with Crippen molar-refractivity contribution < 1.29 is 13.2 Å². The Morgan fingerprint density at radius 2 is 1.47 bits per heavy atom. The first-order valence-corrected chi connectivity index (χ1v) is 5.74. The van der Waals surface area contributed by atoms with Crippen molar-refractivity contribution in [1.29, 1.82) is 0 Å². The zero-order valence-corrected chi connectivity index (χ0v) is 10.4. The van der Waals surface area contributed by atoms with Gasteiger partial charge in [-0.25, -0.2) is 13.2 Å². The number of para-hydroxylation sites is 1. The number of nitrogens with one attached hydrogen (secondary N) is 2. The van der Waals surface area contributed by atoms with Crippen LogP contribution in [0.3, 0.4) is 0 Å². The minimum Gasteiger partial charge on any atom is -0.332 e. The van der Waals surface area contributed by atoms with E-state index < -0.39 is 23.1 Å². The second-order valence-electron chi connectivity index (χ2n) is 3.69. The number of thiocarbonyl (C=S) groups is 1. The molecule has 98 valence electrons. The van der Waals surface area contributed by atoms with Crippen LogP contribution in [-0.4, -0.2) is 5.11 Å². The molecule has 0 spiro atoms. The molecule has 0 amide bonds. The fourth-order valence-electron chi connectivity index (χ4n) is 1.46. The molecule has 0 aliphatic rings. The number of hydrogen-bond acceptors (Lipinski definition) is 1. The lowest BCUT2D eigenvalue weighted by Gasteiger charge is -2.11. The molecule has 2 aromatic carbocycles. The Balaban J connectivity index is 2.12. The zero-order chi connectivity index (χ0) is 13.8. The molecule has 0 saturated carbocycles. The fraction of sp³-hybridized carbons (Fsp3) is 0. The van der Waals surface area contributed by atoms with Gasteiger partial charge in [-0.3, -0.25) is 0 Å². The molecule has 0 heterocycles. The van der Waals surface area contributed by atoms with Crippen molar-refractivity contribution in [2.24, 2.45) is 0 Å². The molecule has 0 saturated heterocycles. The lowest BCUT2D eigenvalue weighted by molar-refractivity contribution is 0.549. The molecule has 2 N–H and O–H groups in total. The second-order valence-corrected chi connectivity index (χ2v) is 4.10. The van der Waals surface area contributed by atoms with Crippen molar-refractivity contribution in [3.05, 3.63) is 59.9 Å². The van der Waals surface area contributed by atoms with Crippen LogP contribution < -0.4 is 10.6 Å². The van der Waals surface area contributed by atoms with Crippen LogP contribution in [0.1, 0.15) is 0 Å². The largest absolute Gasteiger partial charge is 0.332 e. The fourth-order valence-corrected chi connectivity index (χ4v) is 1.68. The summed E-state index contributed by atoms with van der Waals surface area (Å²) >= 11 is 4.92. The van der Waals surface area contributed by atoms with Crippen molar-refractivity contribution in [3.8, 4) is 0 Å². The van der Waals surface area contributed by atoms with Crippen LogP contribution in [0.25, 0.3) is 0 Å². The Kier molecular flexibility index (Phi) is 4.01. The minimum absolute atomic E-state index is 0.00982. The normalized spacial score (nSPS) is 10.1. The van der Waals surface area contributed by atoms with E-state index in [1.807, 2.05) is 6.07 Å². The van der Waals surface area contributed by atoms with E-state index in [4.69, 9.17) is 12.2 Å². The maximum atomic E-state index is 13.4. The van der Waals surface area contributed by atoms with Crippen LogP contribution in [0.4, 0.5) is 24.5 Å². The molecule has 0 aliphatic heterocycles. The van der Waals surface area contributed by atoms with E-state index in [2.05, 4.69) is 10.6 Å². The Labute approximate surface area is 113 Å². The molecule has 0 aromatic heterocycles. The van der Waals surface area contributed by atoms with E-state index >= 15 is 0 Å². The van der Waals surface area contributed by atoms with E-state index in [1.54, 1.807) is 24.3 Å². The van der Waals surface area contributed by atoms with Gasteiger partial charge in [0, 0.05) is 17.8 Å². The molecule has 0 atom stereocenters. The van der Waals surface area contributed by atoms with Crippen molar-refractivity contribution >= 4 is 28.7 Å². The molecular weight excluding hydrogens is 273 g/mol. The van der Waals surface area contributed by atoms with Gasteiger partial charge in [-0.05, 0) is 24.4 Å². The molecule has 0 bridgehead atoms. The Bertz CT molecular complexity index is 579. The van der Waals surface area contributed by atoms with Gasteiger partial charge < -0.3 is 10.6 Å². The molecule has 0 unspecified atom stereocenters. The maximum absolute atomic E-state index is 13.4. The van der Waals surface area contributed by atoms with Crippen molar-refractivity contribution in [1.82, 2.24) is 0 Å². The van der Waals surface area contributed by atoms with Gasteiger partial charge in [-0.2, -0.15) is 0 Å². The number of benzene rings is 2. The van der Waals surface area contributed by atoms with Gasteiger partial charge in [0.2, 0.25) is 0 Å². The van der Waals surface area contributed by atoms with E-state index in [1.165, 1.54) is 0 Å². The topological polar surface area (TPSA) is 24.1 Å². The second kappa shape index (κ2) is 5.71. The molecular formula is C13H9F3N2S. The quantitative estimate of drug-likeness (QED) is 0.817. The van der Waals surface area contributed by atoms with Gasteiger partial charge in [-0.15, -0.1) is 0 Å². The highest BCUT2D eigenvalue weighted by molar-refractivity contribution is 7.80. The molecule has 6 heteroatoms. The van der Waals surface area contributed by atoms with Crippen LogP contribution in [0.2, 0.25) is 0 Å². The third-order valence-corrected chi connectivity index (χ3v) is 2.48. The Morgan fingerprint density at radius 3 is 2.05 bits per heavy atom. The average Bonchev–Trinajstić information content (AvgIpc) is 2.35. The van der Waals surface area contributed by atoms with Gasteiger partial charge in [0.1, 0.15) is 11.5 Å². The lowest BCUT2D eigenvalue weighted by Crippen LogP contribution is -2.20. The summed E-state index contributed by atoms with van der Waals surface area (Å²) in [6, 6.07) is 10.0. The number of anilines is 2. The molecule has 0 radical (unpaired) electrons. The third kappa shape index (κ3) is 3.45. The van der Waals surface area contributed by atoms with E-state index in [9.17, 15) is 13.2 Å². The lowest BCUT2D eigenvalue weighted by atomic mass is 10.3. The highest BCUT2D eigenvalue weighted by Crippen LogP contribution is 2.20. The molecule has 0 fully saturated rings. The van der Waals surface area contributed by atoms with Gasteiger partial charge in [-0.1, -0.05) is 18.2 Å². The van der Waals surface area contributed by atoms with E-state index in [0.29, 0.717) is 17.8 Å². The van der Waals surface area contributed by atoms with Crippen LogP contribution in [0.15, 0.2) is 42.5 Å². The van der Waals surface area contributed by atoms with Crippen molar-refractivity contribution in [2.45, 2.75) is 0 Å². The monoisotopic (exact) mass is 282 g/mol. The first-order valence-electron chi connectivity index (χ1n) is 5.34. The van der Waals surface area contributed by atoms with Crippen molar-refractivity contribution in [3.63, 3.8) is 0 Å².